The van der Waals surface area contributed by atoms with Crippen molar-refractivity contribution >= 4 is 28.9 Å². The molecule has 1 saturated carbocycles. The molecule has 6 nitrogen and oxygen atoms in total. The SMILES string of the molecule is [C-]#[N+]c1c(C(=O)OC2C(C)CC(C)CC2C)c2nc(C(C)(C)C)[nH]n2c1Cl. The zero-order chi connectivity index (χ0) is 20.1. The van der Waals surface area contributed by atoms with E-state index < -0.39 is 5.97 Å². The normalized spacial score (nSPS) is 26.1. The lowest BCUT2D eigenvalue weighted by molar-refractivity contribution is -0.0249. The van der Waals surface area contributed by atoms with Crippen molar-refractivity contribution in [2.24, 2.45) is 17.8 Å². The number of fused-ring (bicyclic) bond motifs is 1. The molecule has 3 rings (SSSR count). The highest BCUT2D eigenvalue weighted by Crippen LogP contribution is 2.39. The standard InChI is InChI=1S/C20H27ClN4O2/c1-10-8-11(2)15(12(3)9-10)27-18(26)13-14(22-7)16(21)25-17(13)23-19(24-25)20(4,5)6/h10-12,15H,8-9H2,1-6H3,(H,23,24). The largest absolute Gasteiger partial charge is 0.459 e. The van der Waals surface area contributed by atoms with Gasteiger partial charge in [-0.3, -0.25) is 5.10 Å². The molecule has 2 unspecified atom stereocenters. The molecular formula is C20H27ClN4O2. The zero-order valence-corrected chi connectivity index (χ0v) is 17.5. The summed E-state index contributed by atoms with van der Waals surface area (Å²) in [6.07, 6.45) is 1.89. The van der Waals surface area contributed by atoms with E-state index in [1.807, 2.05) is 20.8 Å². The van der Waals surface area contributed by atoms with Gasteiger partial charge in [0.05, 0.1) is 6.57 Å². The highest BCUT2D eigenvalue weighted by Gasteiger charge is 2.36. The number of hydrogen-bond donors (Lipinski definition) is 1. The summed E-state index contributed by atoms with van der Waals surface area (Å²) in [4.78, 5) is 21.1. The molecule has 1 N–H and O–H groups in total. The van der Waals surface area contributed by atoms with Gasteiger partial charge in [-0.1, -0.05) is 53.1 Å². The summed E-state index contributed by atoms with van der Waals surface area (Å²) in [5.41, 5.74) is 0.347. The van der Waals surface area contributed by atoms with Crippen LogP contribution in [0, 0.1) is 24.3 Å². The van der Waals surface area contributed by atoms with Crippen LogP contribution in [0.4, 0.5) is 5.69 Å². The number of aromatic nitrogens is 3. The maximum absolute atomic E-state index is 13.1. The average Bonchev–Trinajstić information content (AvgIpc) is 3.09. The summed E-state index contributed by atoms with van der Waals surface area (Å²) >= 11 is 6.36. The number of nitrogens with zero attached hydrogens (tertiary/aromatic N) is 3. The maximum atomic E-state index is 13.1. The second-order valence-electron chi connectivity index (χ2n) is 9.01. The van der Waals surface area contributed by atoms with E-state index in [-0.39, 0.29) is 39.8 Å². The summed E-state index contributed by atoms with van der Waals surface area (Å²) in [5, 5.41) is 3.26. The van der Waals surface area contributed by atoms with Gasteiger partial charge in [-0.05, 0) is 30.6 Å². The van der Waals surface area contributed by atoms with E-state index in [9.17, 15) is 4.79 Å². The molecule has 0 saturated heterocycles. The van der Waals surface area contributed by atoms with Crippen LogP contribution in [0.5, 0.6) is 0 Å². The second-order valence-corrected chi connectivity index (χ2v) is 9.37. The van der Waals surface area contributed by atoms with E-state index in [1.165, 1.54) is 4.52 Å². The van der Waals surface area contributed by atoms with Gasteiger partial charge >= 0.3 is 5.97 Å². The summed E-state index contributed by atoms with van der Waals surface area (Å²) < 4.78 is 7.40. The number of esters is 1. The minimum absolute atomic E-state index is 0.0883. The number of aromatic amines is 1. The van der Waals surface area contributed by atoms with Crippen molar-refractivity contribution in [1.82, 2.24) is 14.6 Å². The molecule has 27 heavy (non-hydrogen) atoms. The van der Waals surface area contributed by atoms with Crippen molar-refractivity contribution < 1.29 is 9.53 Å². The highest BCUT2D eigenvalue weighted by molar-refractivity contribution is 6.34. The molecule has 0 radical (unpaired) electrons. The molecule has 1 aliphatic carbocycles. The Labute approximate surface area is 165 Å². The average molecular weight is 391 g/mol. The van der Waals surface area contributed by atoms with Crippen LogP contribution in [0.3, 0.4) is 0 Å². The third kappa shape index (κ3) is 3.45. The van der Waals surface area contributed by atoms with Gasteiger partial charge in [0, 0.05) is 5.41 Å². The first-order valence-electron chi connectivity index (χ1n) is 9.43. The van der Waals surface area contributed by atoms with Crippen molar-refractivity contribution in [1.29, 1.82) is 0 Å². The summed E-state index contributed by atoms with van der Waals surface area (Å²) in [7, 11) is 0. The van der Waals surface area contributed by atoms with Gasteiger partial charge in [0.25, 0.3) is 0 Å². The molecule has 2 aromatic heterocycles. The molecule has 146 valence electrons. The lowest BCUT2D eigenvalue weighted by atomic mass is 9.75. The minimum Gasteiger partial charge on any atom is -0.459 e. The van der Waals surface area contributed by atoms with Crippen molar-refractivity contribution in [2.75, 3.05) is 0 Å². The van der Waals surface area contributed by atoms with Crippen LogP contribution in [0.2, 0.25) is 5.15 Å². The molecule has 2 atom stereocenters. The smallest absolute Gasteiger partial charge is 0.331 e. The molecule has 1 fully saturated rings. The quantitative estimate of drug-likeness (QED) is 0.552. The van der Waals surface area contributed by atoms with Crippen LogP contribution in [0.25, 0.3) is 10.5 Å². The van der Waals surface area contributed by atoms with E-state index in [2.05, 4.69) is 35.7 Å². The number of hydrogen-bond acceptors (Lipinski definition) is 3. The number of H-pyrrole nitrogens is 1. The predicted molar refractivity (Wildman–Crippen MR) is 105 cm³/mol. The molecule has 0 spiro atoms. The van der Waals surface area contributed by atoms with Crippen LogP contribution in [0.15, 0.2) is 0 Å². The molecule has 2 heterocycles. The number of halogens is 1. The Hall–Kier alpha value is -2.00. The fourth-order valence-electron chi connectivity index (χ4n) is 4.20. The fourth-order valence-corrected chi connectivity index (χ4v) is 4.46. The van der Waals surface area contributed by atoms with Crippen LogP contribution in [-0.2, 0) is 10.2 Å². The second kappa shape index (κ2) is 6.87. The first kappa shape index (κ1) is 19.8. The number of nitrogens with one attached hydrogen (secondary N) is 1. The van der Waals surface area contributed by atoms with Crippen molar-refractivity contribution in [3.63, 3.8) is 0 Å². The van der Waals surface area contributed by atoms with E-state index in [1.54, 1.807) is 0 Å². The van der Waals surface area contributed by atoms with E-state index in [0.29, 0.717) is 17.4 Å². The van der Waals surface area contributed by atoms with Crippen molar-refractivity contribution in [3.8, 4) is 0 Å². The number of rotatable bonds is 2. The van der Waals surface area contributed by atoms with Crippen molar-refractivity contribution in [2.45, 2.75) is 65.9 Å². The van der Waals surface area contributed by atoms with Gasteiger partial charge < -0.3 is 4.74 Å². The summed E-state index contributed by atoms with van der Waals surface area (Å²) in [6, 6.07) is 0. The molecule has 7 heteroatoms. The fraction of sp³-hybridized carbons (Fsp3) is 0.650. The summed E-state index contributed by atoms with van der Waals surface area (Å²) in [5.74, 6) is 1.36. The van der Waals surface area contributed by atoms with Gasteiger partial charge in [0.1, 0.15) is 22.6 Å². The highest BCUT2D eigenvalue weighted by atomic mass is 35.5. The Balaban J connectivity index is 2.01. The Bertz CT molecular complexity index is 903. The molecular weight excluding hydrogens is 364 g/mol. The van der Waals surface area contributed by atoms with E-state index >= 15 is 0 Å². The molecule has 1 aliphatic rings. The molecule has 0 aromatic carbocycles. The van der Waals surface area contributed by atoms with Gasteiger partial charge in [-0.2, -0.15) is 0 Å². The van der Waals surface area contributed by atoms with Crippen LogP contribution in [-0.4, -0.2) is 26.7 Å². The Morgan fingerprint density at radius 2 is 1.89 bits per heavy atom. The Morgan fingerprint density at radius 3 is 2.41 bits per heavy atom. The first-order chi connectivity index (χ1) is 12.5. The van der Waals surface area contributed by atoms with Gasteiger partial charge in [0.2, 0.25) is 5.69 Å². The van der Waals surface area contributed by atoms with E-state index in [0.717, 1.165) is 12.8 Å². The first-order valence-corrected chi connectivity index (χ1v) is 9.81. The summed E-state index contributed by atoms with van der Waals surface area (Å²) in [6.45, 7) is 20.0. The molecule has 0 aliphatic heterocycles. The topological polar surface area (TPSA) is 63.8 Å². The Kier molecular flexibility index (Phi) is 5.02. The number of carbonyl (C=O) groups is 1. The lowest BCUT2D eigenvalue weighted by Gasteiger charge is -2.37. The van der Waals surface area contributed by atoms with Gasteiger partial charge in [-0.25, -0.2) is 19.1 Å². The zero-order valence-electron chi connectivity index (χ0n) is 16.8. The molecule has 0 amide bonds. The number of carbonyl (C=O) groups excluding carboxylic acids is 1. The van der Waals surface area contributed by atoms with Crippen LogP contribution < -0.4 is 0 Å². The van der Waals surface area contributed by atoms with Gasteiger partial charge in [0.15, 0.2) is 5.65 Å². The Morgan fingerprint density at radius 1 is 1.30 bits per heavy atom. The van der Waals surface area contributed by atoms with Gasteiger partial charge in [-0.15, -0.1) is 0 Å². The third-order valence-corrected chi connectivity index (χ3v) is 5.79. The number of ether oxygens (including phenoxy) is 1. The molecule has 2 aromatic rings. The van der Waals surface area contributed by atoms with Crippen LogP contribution in [0.1, 0.15) is 70.6 Å². The monoisotopic (exact) mass is 390 g/mol. The minimum atomic E-state index is -0.518. The predicted octanol–water partition coefficient (Wildman–Crippen LogP) is 5.39. The van der Waals surface area contributed by atoms with E-state index in [4.69, 9.17) is 22.9 Å². The lowest BCUT2D eigenvalue weighted by Crippen LogP contribution is -2.37. The van der Waals surface area contributed by atoms with Crippen molar-refractivity contribution in [3.05, 3.63) is 28.0 Å². The maximum Gasteiger partial charge on any atom is 0.331 e. The van der Waals surface area contributed by atoms with Crippen LogP contribution >= 0.6 is 11.6 Å². The third-order valence-electron chi connectivity index (χ3n) is 5.44. The molecule has 0 bridgehead atoms.